The molecule has 0 spiro atoms. The van der Waals surface area contributed by atoms with Crippen LogP contribution in [0.3, 0.4) is 0 Å². The molecule has 152 valence electrons. The van der Waals surface area contributed by atoms with Crippen molar-refractivity contribution in [1.29, 1.82) is 0 Å². The summed E-state index contributed by atoms with van der Waals surface area (Å²) in [6.45, 7) is -0.397. The average Bonchev–Trinajstić information content (AvgIpc) is 3.06. The summed E-state index contributed by atoms with van der Waals surface area (Å²) in [4.78, 5) is -1.14. The van der Waals surface area contributed by atoms with E-state index >= 15 is 0 Å². The molecule has 1 aliphatic heterocycles. The molecule has 0 bridgehead atoms. The first kappa shape index (κ1) is 20.3. The third-order valence-corrected chi connectivity index (χ3v) is 5.16. The average molecular weight is 427 g/mol. The lowest BCUT2D eigenvalue weighted by Crippen LogP contribution is -2.24. The molecule has 0 saturated carbocycles. The number of rotatable bonds is 4. The van der Waals surface area contributed by atoms with E-state index in [2.05, 4.69) is 0 Å². The zero-order chi connectivity index (χ0) is 20.7. The highest BCUT2D eigenvalue weighted by Gasteiger charge is 2.38. The van der Waals surface area contributed by atoms with Crippen LogP contribution in [0.5, 0.6) is 11.5 Å². The molecule has 2 aromatic carbocycles. The molecule has 0 radical (unpaired) electrons. The minimum Gasteiger partial charge on any atom is -0.454 e. The summed E-state index contributed by atoms with van der Waals surface area (Å²) in [6.07, 6.45) is -10.3. The highest BCUT2D eigenvalue weighted by molar-refractivity contribution is 7.89. The summed E-state index contributed by atoms with van der Waals surface area (Å²) in [5.74, 6) is 0.773. The fourth-order valence-corrected chi connectivity index (χ4v) is 3.48. The highest BCUT2D eigenvalue weighted by Crippen LogP contribution is 2.37. The van der Waals surface area contributed by atoms with Gasteiger partial charge in [0.1, 0.15) is 0 Å². The smallest absolute Gasteiger partial charge is 0.416 e. The van der Waals surface area contributed by atoms with Crippen molar-refractivity contribution in [2.24, 2.45) is 0 Å². The summed E-state index contributed by atoms with van der Waals surface area (Å²) < 4.78 is 114. The zero-order valence-corrected chi connectivity index (χ0v) is 14.5. The van der Waals surface area contributed by atoms with E-state index < -0.39 is 38.4 Å². The Morgan fingerprint density at radius 3 is 2.00 bits per heavy atom. The highest BCUT2D eigenvalue weighted by atomic mass is 32.2. The third kappa shape index (κ3) is 4.33. The topological polar surface area (TPSA) is 64.6 Å². The maximum Gasteiger partial charge on any atom is 0.416 e. The van der Waals surface area contributed by atoms with E-state index in [9.17, 15) is 34.8 Å². The number of ether oxygens (including phenoxy) is 2. The monoisotopic (exact) mass is 427 g/mol. The van der Waals surface area contributed by atoms with Crippen molar-refractivity contribution >= 4 is 10.0 Å². The predicted octanol–water partition coefficient (Wildman–Crippen LogP) is 3.93. The summed E-state index contributed by atoms with van der Waals surface area (Å²) in [6, 6.07) is 4.57. The molecule has 5 nitrogen and oxygen atoms in total. The second-order valence-corrected chi connectivity index (χ2v) is 7.52. The Hall–Kier alpha value is -2.47. The van der Waals surface area contributed by atoms with Crippen molar-refractivity contribution in [3.63, 3.8) is 0 Å². The lowest BCUT2D eigenvalue weighted by atomic mass is 10.1. The zero-order valence-electron chi connectivity index (χ0n) is 13.7. The largest absolute Gasteiger partial charge is 0.454 e. The Balaban J connectivity index is 1.90. The van der Waals surface area contributed by atoms with Crippen LogP contribution in [-0.4, -0.2) is 15.2 Å². The minimum absolute atomic E-state index is 0.0189. The standard InChI is InChI=1S/C16H11F6NO4S/c17-15(18,19)10-4-11(16(20,21)22)6-12(5-10)28(24,25)23-7-9-1-2-13-14(3-9)27-8-26-13/h1-6,23H,7-8H2. The van der Waals surface area contributed by atoms with Crippen LogP contribution in [0.4, 0.5) is 26.3 Å². The molecule has 0 aromatic heterocycles. The lowest BCUT2D eigenvalue weighted by Gasteiger charge is -2.15. The number of alkyl halides is 6. The fraction of sp³-hybridized carbons (Fsp3) is 0.250. The summed E-state index contributed by atoms with van der Waals surface area (Å²) in [7, 11) is -4.66. The maximum absolute atomic E-state index is 12.9. The number of fused-ring (bicyclic) bond motifs is 1. The molecule has 0 amide bonds. The summed E-state index contributed by atoms with van der Waals surface area (Å²) in [5.41, 5.74) is -3.06. The van der Waals surface area contributed by atoms with Crippen molar-refractivity contribution in [2.45, 2.75) is 23.8 Å². The molecule has 0 fully saturated rings. The molecule has 12 heteroatoms. The Morgan fingerprint density at radius 1 is 0.857 bits per heavy atom. The quantitative estimate of drug-likeness (QED) is 0.752. The van der Waals surface area contributed by atoms with Gasteiger partial charge in [0.2, 0.25) is 16.8 Å². The van der Waals surface area contributed by atoms with Crippen molar-refractivity contribution in [1.82, 2.24) is 4.72 Å². The van der Waals surface area contributed by atoms with Crippen molar-refractivity contribution < 1.29 is 44.2 Å². The van der Waals surface area contributed by atoms with Gasteiger partial charge in [0.25, 0.3) is 0 Å². The van der Waals surface area contributed by atoms with Gasteiger partial charge in [-0.15, -0.1) is 0 Å². The third-order valence-electron chi connectivity index (χ3n) is 3.77. The number of hydrogen-bond donors (Lipinski definition) is 1. The summed E-state index contributed by atoms with van der Waals surface area (Å²) in [5, 5.41) is 0. The molecule has 0 atom stereocenters. The van der Waals surface area contributed by atoms with E-state index in [1.54, 1.807) is 0 Å². The van der Waals surface area contributed by atoms with E-state index in [1.165, 1.54) is 18.2 Å². The molecule has 1 heterocycles. The van der Waals surface area contributed by atoms with Crippen LogP contribution in [0.25, 0.3) is 0 Å². The van der Waals surface area contributed by atoms with Gasteiger partial charge >= 0.3 is 12.4 Å². The van der Waals surface area contributed by atoms with Crippen LogP contribution in [0.1, 0.15) is 16.7 Å². The van der Waals surface area contributed by atoms with Gasteiger partial charge in [-0.1, -0.05) is 6.07 Å². The normalized spacial score (nSPS) is 14.4. The predicted molar refractivity (Wildman–Crippen MR) is 83.0 cm³/mol. The van der Waals surface area contributed by atoms with Crippen molar-refractivity contribution in [3.8, 4) is 11.5 Å². The van der Waals surface area contributed by atoms with Gasteiger partial charge in [0.05, 0.1) is 16.0 Å². The lowest BCUT2D eigenvalue weighted by molar-refractivity contribution is -0.143. The Morgan fingerprint density at radius 2 is 1.43 bits per heavy atom. The molecule has 0 aliphatic carbocycles. The second kappa shape index (κ2) is 6.85. The van der Waals surface area contributed by atoms with Gasteiger partial charge < -0.3 is 9.47 Å². The van der Waals surface area contributed by atoms with Crippen LogP contribution in [0.2, 0.25) is 0 Å². The Kier molecular flexibility index (Phi) is 4.96. The molecule has 2 aromatic rings. The van der Waals surface area contributed by atoms with Crippen LogP contribution >= 0.6 is 0 Å². The molecular formula is C16H11F6NO4S. The number of benzene rings is 2. The van der Waals surface area contributed by atoms with Gasteiger partial charge in [-0.2, -0.15) is 26.3 Å². The van der Waals surface area contributed by atoms with E-state index in [0.717, 1.165) is 0 Å². The first-order valence-electron chi connectivity index (χ1n) is 7.54. The second-order valence-electron chi connectivity index (χ2n) is 5.75. The van der Waals surface area contributed by atoms with Crippen LogP contribution in [0.15, 0.2) is 41.3 Å². The SMILES string of the molecule is O=S(=O)(NCc1ccc2c(c1)OCO2)c1cc(C(F)(F)F)cc(C(F)(F)F)c1. The fourth-order valence-electron chi connectivity index (χ4n) is 2.39. The first-order valence-corrected chi connectivity index (χ1v) is 9.02. The molecule has 0 unspecified atom stereocenters. The van der Waals surface area contributed by atoms with E-state index in [1.807, 2.05) is 4.72 Å². The molecule has 1 N–H and O–H groups in total. The van der Waals surface area contributed by atoms with Crippen molar-refractivity contribution in [2.75, 3.05) is 6.79 Å². The number of sulfonamides is 1. The maximum atomic E-state index is 12.9. The first-order chi connectivity index (χ1) is 12.9. The van der Waals surface area contributed by atoms with Gasteiger partial charge in [-0.3, -0.25) is 0 Å². The Bertz CT molecular complexity index is 969. The van der Waals surface area contributed by atoms with Crippen LogP contribution in [0, 0.1) is 0 Å². The molecule has 28 heavy (non-hydrogen) atoms. The number of nitrogens with one attached hydrogen (secondary N) is 1. The molecule has 1 aliphatic rings. The van der Waals surface area contributed by atoms with Crippen LogP contribution < -0.4 is 14.2 Å². The Labute approximate surface area is 154 Å². The van der Waals surface area contributed by atoms with E-state index in [4.69, 9.17) is 9.47 Å². The number of hydrogen-bond acceptors (Lipinski definition) is 4. The summed E-state index contributed by atoms with van der Waals surface area (Å²) >= 11 is 0. The van der Waals surface area contributed by atoms with Gasteiger partial charge in [0, 0.05) is 6.54 Å². The van der Waals surface area contributed by atoms with Crippen molar-refractivity contribution in [3.05, 3.63) is 53.1 Å². The van der Waals surface area contributed by atoms with Crippen LogP contribution in [-0.2, 0) is 28.9 Å². The minimum atomic E-state index is -5.15. The molecular weight excluding hydrogens is 416 g/mol. The number of halogens is 6. The molecule has 0 saturated heterocycles. The van der Waals surface area contributed by atoms with Gasteiger partial charge in [0.15, 0.2) is 11.5 Å². The molecule has 3 rings (SSSR count). The van der Waals surface area contributed by atoms with E-state index in [0.29, 0.717) is 17.1 Å². The van der Waals surface area contributed by atoms with Gasteiger partial charge in [-0.05, 0) is 35.9 Å². The van der Waals surface area contributed by atoms with Gasteiger partial charge in [-0.25, -0.2) is 13.1 Å². The van der Waals surface area contributed by atoms with E-state index in [-0.39, 0.29) is 31.5 Å².